The van der Waals surface area contributed by atoms with Crippen molar-refractivity contribution in [2.75, 3.05) is 5.32 Å². The molecule has 0 saturated carbocycles. The third kappa shape index (κ3) is 1.26. The maximum absolute atomic E-state index is 4.07. The second kappa shape index (κ2) is 2.83. The molecule has 0 fully saturated rings. The molecular weight excluding hydrogens is 174 g/mol. The van der Waals surface area contributed by atoms with Crippen molar-refractivity contribution in [1.82, 2.24) is 0 Å². The van der Waals surface area contributed by atoms with Gasteiger partial charge in [0.25, 0.3) is 0 Å². The summed E-state index contributed by atoms with van der Waals surface area (Å²) in [5.41, 5.74) is 1.18. The molecule has 0 amide bonds. The van der Waals surface area contributed by atoms with Crippen LogP contribution in [0.3, 0.4) is 0 Å². The molecule has 0 spiro atoms. The Morgan fingerprint density at radius 3 is 2.91 bits per heavy atom. The van der Waals surface area contributed by atoms with E-state index in [2.05, 4.69) is 30.1 Å². The van der Waals surface area contributed by atoms with Crippen molar-refractivity contribution in [2.24, 2.45) is 0 Å². The van der Waals surface area contributed by atoms with E-state index in [1.54, 1.807) is 17.2 Å². The molecule has 1 aromatic rings. The molecule has 11 heavy (non-hydrogen) atoms. The highest BCUT2D eigenvalue weighted by atomic mass is 32.2. The molecule has 1 aliphatic rings. The molecule has 0 radical (unpaired) electrons. The van der Waals surface area contributed by atoms with Crippen LogP contribution < -0.4 is 5.32 Å². The standard InChI is InChI=1S/C8H7NS2/c10-5-8-9-6-3-1-2-4-7(6)11-8/h1-5,9-10H. The van der Waals surface area contributed by atoms with Gasteiger partial charge in [0.1, 0.15) is 0 Å². The van der Waals surface area contributed by atoms with Gasteiger partial charge in [-0.25, -0.2) is 0 Å². The quantitative estimate of drug-likeness (QED) is 0.597. The summed E-state index contributed by atoms with van der Waals surface area (Å²) >= 11 is 5.78. The Kier molecular flexibility index (Phi) is 1.84. The summed E-state index contributed by atoms with van der Waals surface area (Å²) in [6.45, 7) is 0. The highest BCUT2D eigenvalue weighted by molar-refractivity contribution is 8.04. The highest BCUT2D eigenvalue weighted by Gasteiger charge is 2.12. The molecule has 0 bridgehead atoms. The predicted molar refractivity (Wildman–Crippen MR) is 53.0 cm³/mol. The van der Waals surface area contributed by atoms with Crippen LogP contribution in [-0.2, 0) is 0 Å². The zero-order valence-corrected chi connectivity index (χ0v) is 7.45. The van der Waals surface area contributed by atoms with E-state index in [-0.39, 0.29) is 0 Å². The lowest BCUT2D eigenvalue weighted by Crippen LogP contribution is -1.85. The Balaban J connectivity index is 2.41. The summed E-state index contributed by atoms with van der Waals surface area (Å²) in [4.78, 5) is 1.27. The maximum atomic E-state index is 4.07. The second-order valence-electron chi connectivity index (χ2n) is 2.22. The van der Waals surface area contributed by atoms with E-state index in [1.807, 2.05) is 12.1 Å². The minimum absolute atomic E-state index is 1.09. The minimum atomic E-state index is 1.09. The highest BCUT2D eigenvalue weighted by Crippen LogP contribution is 2.40. The largest absolute Gasteiger partial charge is 0.349 e. The van der Waals surface area contributed by atoms with Crippen molar-refractivity contribution in [2.45, 2.75) is 4.90 Å². The number of benzene rings is 1. The Morgan fingerprint density at radius 1 is 1.36 bits per heavy atom. The number of hydrogen-bond donors (Lipinski definition) is 2. The van der Waals surface area contributed by atoms with Gasteiger partial charge in [0.05, 0.1) is 10.7 Å². The lowest BCUT2D eigenvalue weighted by Gasteiger charge is -1.94. The summed E-state index contributed by atoms with van der Waals surface area (Å²) < 4.78 is 0. The summed E-state index contributed by atoms with van der Waals surface area (Å²) in [7, 11) is 0. The molecule has 1 aromatic carbocycles. The number of nitrogens with one attached hydrogen (secondary N) is 1. The number of thiol groups is 1. The average molecular weight is 181 g/mol. The van der Waals surface area contributed by atoms with Gasteiger partial charge in [0, 0.05) is 4.90 Å². The second-order valence-corrected chi connectivity index (χ2v) is 3.56. The Hall–Kier alpha value is -0.540. The van der Waals surface area contributed by atoms with Crippen molar-refractivity contribution in [3.05, 3.63) is 34.7 Å². The van der Waals surface area contributed by atoms with Crippen LogP contribution in [0.5, 0.6) is 0 Å². The summed E-state index contributed by atoms with van der Waals surface area (Å²) in [5, 5.41) is 6.11. The topological polar surface area (TPSA) is 12.0 Å². The molecule has 0 unspecified atom stereocenters. The number of anilines is 1. The van der Waals surface area contributed by atoms with Gasteiger partial charge in [0.15, 0.2) is 0 Å². The van der Waals surface area contributed by atoms with Gasteiger partial charge in [-0.05, 0) is 17.5 Å². The first-order valence-corrected chi connectivity index (χ1v) is 4.62. The zero-order chi connectivity index (χ0) is 7.68. The molecule has 0 aliphatic carbocycles. The fourth-order valence-corrected chi connectivity index (χ4v) is 2.04. The summed E-state index contributed by atoms with van der Waals surface area (Å²) in [5.74, 6) is 0. The number of fused-ring (bicyclic) bond motifs is 1. The van der Waals surface area contributed by atoms with Crippen molar-refractivity contribution in [1.29, 1.82) is 0 Å². The van der Waals surface area contributed by atoms with Crippen LogP contribution in [0.1, 0.15) is 0 Å². The van der Waals surface area contributed by atoms with Gasteiger partial charge >= 0.3 is 0 Å². The number of hydrogen-bond acceptors (Lipinski definition) is 3. The van der Waals surface area contributed by atoms with Gasteiger partial charge in [0.2, 0.25) is 0 Å². The number of thioether (sulfide) groups is 1. The van der Waals surface area contributed by atoms with E-state index in [0.717, 1.165) is 5.03 Å². The van der Waals surface area contributed by atoms with Crippen LogP contribution in [0.4, 0.5) is 5.69 Å². The third-order valence-electron chi connectivity index (χ3n) is 1.48. The van der Waals surface area contributed by atoms with Crippen LogP contribution in [0.2, 0.25) is 0 Å². The molecule has 2 rings (SSSR count). The fraction of sp³-hybridized carbons (Fsp3) is 0. The van der Waals surface area contributed by atoms with E-state index < -0.39 is 0 Å². The Morgan fingerprint density at radius 2 is 2.18 bits per heavy atom. The first kappa shape index (κ1) is 7.13. The molecule has 0 atom stereocenters. The molecule has 0 aromatic heterocycles. The predicted octanol–water partition coefficient (Wildman–Crippen LogP) is 2.93. The average Bonchev–Trinajstić information content (AvgIpc) is 2.46. The van der Waals surface area contributed by atoms with E-state index in [0.29, 0.717) is 0 Å². The normalized spacial score (nSPS) is 18.1. The van der Waals surface area contributed by atoms with E-state index in [1.165, 1.54) is 10.6 Å². The zero-order valence-electron chi connectivity index (χ0n) is 5.74. The van der Waals surface area contributed by atoms with Crippen molar-refractivity contribution in [3.8, 4) is 0 Å². The smallest absolute Gasteiger partial charge is 0.0836 e. The summed E-state index contributed by atoms with van der Waals surface area (Å²) in [6, 6.07) is 8.21. The van der Waals surface area contributed by atoms with Crippen molar-refractivity contribution in [3.63, 3.8) is 0 Å². The van der Waals surface area contributed by atoms with Crippen molar-refractivity contribution >= 4 is 30.1 Å². The van der Waals surface area contributed by atoms with Gasteiger partial charge in [-0.3, -0.25) is 0 Å². The molecule has 3 heteroatoms. The molecule has 1 heterocycles. The maximum Gasteiger partial charge on any atom is 0.0836 e. The van der Waals surface area contributed by atoms with Crippen LogP contribution in [0.25, 0.3) is 0 Å². The van der Waals surface area contributed by atoms with E-state index in [9.17, 15) is 0 Å². The lowest BCUT2D eigenvalue weighted by atomic mass is 10.3. The first-order valence-electron chi connectivity index (χ1n) is 3.28. The fourth-order valence-electron chi connectivity index (χ4n) is 0.994. The molecule has 56 valence electrons. The van der Waals surface area contributed by atoms with Crippen LogP contribution in [0, 0.1) is 0 Å². The molecule has 1 N–H and O–H groups in total. The van der Waals surface area contributed by atoms with E-state index in [4.69, 9.17) is 0 Å². The van der Waals surface area contributed by atoms with E-state index >= 15 is 0 Å². The van der Waals surface area contributed by atoms with Gasteiger partial charge < -0.3 is 5.32 Å². The molecule has 1 aliphatic heterocycles. The SMILES string of the molecule is SC=C1Nc2ccccc2S1. The van der Waals surface area contributed by atoms with Crippen LogP contribution >= 0.6 is 24.4 Å². The van der Waals surface area contributed by atoms with Gasteiger partial charge in [-0.15, -0.1) is 12.6 Å². The van der Waals surface area contributed by atoms with Crippen LogP contribution in [-0.4, -0.2) is 0 Å². The number of rotatable bonds is 0. The number of para-hydroxylation sites is 1. The van der Waals surface area contributed by atoms with Gasteiger partial charge in [-0.2, -0.15) is 0 Å². The van der Waals surface area contributed by atoms with Crippen molar-refractivity contribution < 1.29 is 0 Å². The monoisotopic (exact) mass is 181 g/mol. The first-order chi connectivity index (χ1) is 5.40. The van der Waals surface area contributed by atoms with Crippen LogP contribution in [0.15, 0.2) is 39.6 Å². The lowest BCUT2D eigenvalue weighted by molar-refractivity contribution is 1.46. The van der Waals surface area contributed by atoms with Gasteiger partial charge in [-0.1, -0.05) is 23.9 Å². The third-order valence-corrected chi connectivity index (χ3v) is 2.93. The molecular formula is C8H7NS2. The Labute approximate surface area is 75.3 Å². The Bertz CT molecular complexity index is 280. The molecule has 1 nitrogen and oxygen atoms in total. The minimum Gasteiger partial charge on any atom is -0.349 e. The molecule has 0 saturated heterocycles. The summed E-state index contributed by atoms with van der Waals surface area (Å²) in [6.07, 6.45) is 0.